The molecule has 0 bridgehead atoms. The monoisotopic (exact) mass is 535 g/mol. The number of halogens is 1. The van der Waals surface area contributed by atoms with Gasteiger partial charge in [-0.3, -0.25) is 9.97 Å². The molecule has 0 amide bonds. The topological polar surface area (TPSA) is 82.1 Å². The van der Waals surface area contributed by atoms with E-state index >= 15 is 0 Å². The third-order valence-corrected chi connectivity index (χ3v) is 6.45. The van der Waals surface area contributed by atoms with Gasteiger partial charge in [-0.15, -0.1) is 0 Å². The van der Waals surface area contributed by atoms with Crippen LogP contribution in [0.4, 0.5) is 5.82 Å². The lowest BCUT2D eigenvalue weighted by molar-refractivity contribution is 0.415. The van der Waals surface area contributed by atoms with Crippen molar-refractivity contribution < 1.29 is 9.47 Å². The quantitative estimate of drug-likeness (QED) is 0.232. The van der Waals surface area contributed by atoms with Crippen molar-refractivity contribution in [1.29, 1.82) is 0 Å². The number of ether oxygens (including phenoxy) is 2. The molecule has 6 aromatic rings. The van der Waals surface area contributed by atoms with Crippen LogP contribution in [-0.2, 0) is 0 Å². The first-order chi connectivity index (χ1) is 19.1. The Balaban J connectivity index is 0.000000158. The Bertz CT molecular complexity index is 1720. The van der Waals surface area contributed by atoms with Crippen molar-refractivity contribution in [2.75, 3.05) is 26.6 Å². The highest BCUT2D eigenvalue weighted by atomic mass is 35.5. The summed E-state index contributed by atoms with van der Waals surface area (Å²) in [5.74, 6) is 2.48. The highest BCUT2D eigenvalue weighted by Crippen LogP contribution is 2.28. The molecule has 0 aliphatic carbocycles. The largest absolute Gasteiger partial charge is 0.497 e. The fraction of sp³-hybridized carbons (Fsp3) is 0.0968. The summed E-state index contributed by atoms with van der Waals surface area (Å²) in [6, 6.07) is 27.2. The smallest absolute Gasteiger partial charge is 0.139 e. The Hall–Kier alpha value is -4.75. The summed E-state index contributed by atoms with van der Waals surface area (Å²) in [5.41, 5.74) is 5.48. The third kappa shape index (κ3) is 5.73. The van der Waals surface area contributed by atoms with E-state index in [0.29, 0.717) is 5.15 Å². The van der Waals surface area contributed by atoms with E-state index in [4.69, 9.17) is 21.1 Å². The van der Waals surface area contributed by atoms with Gasteiger partial charge in [-0.1, -0.05) is 11.6 Å². The van der Waals surface area contributed by atoms with Gasteiger partial charge in [0.05, 0.1) is 36.6 Å². The zero-order valence-electron chi connectivity index (χ0n) is 21.7. The number of hydrogen-bond acceptors (Lipinski definition) is 7. The van der Waals surface area contributed by atoms with Crippen LogP contribution in [0.2, 0.25) is 5.15 Å². The van der Waals surface area contributed by atoms with Gasteiger partial charge in [0.1, 0.15) is 22.5 Å². The Kier molecular flexibility index (Phi) is 7.80. The maximum atomic E-state index is 6.19. The first-order valence-corrected chi connectivity index (χ1v) is 12.6. The second kappa shape index (κ2) is 11.8. The van der Waals surface area contributed by atoms with Gasteiger partial charge in [0, 0.05) is 41.3 Å². The lowest BCUT2D eigenvalue weighted by Gasteiger charge is -2.09. The van der Waals surface area contributed by atoms with E-state index in [0.717, 1.165) is 61.6 Å². The number of aromatic nitrogens is 4. The predicted molar refractivity (Wildman–Crippen MR) is 158 cm³/mol. The molecule has 0 aliphatic heterocycles. The Morgan fingerprint density at radius 2 is 1.13 bits per heavy atom. The number of benzene rings is 2. The minimum atomic E-state index is 0.469. The molecule has 4 heterocycles. The minimum absolute atomic E-state index is 0.469. The molecule has 0 aliphatic rings. The second-order valence-electron chi connectivity index (χ2n) is 8.50. The molecule has 4 aromatic heterocycles. The molecule has 194 valence electrons. The molecular formula is C31H26ClN5O2. The summed E-state index contributed by atoms with van der Waals surface area (Å²) in [6.45, 7) is 0. The first-order valence-electron chi connectivity index (χ1n) is 12.2. The lowest BCUT2D eigenvalue weighted by Crippen LogP contribution is -1.96. The van der Waals surface area contributed by atoms with Crippen LogP contribution in [0.1, 0.15) is 0 Å². The van der Waals surface area contributed by atoms with E-state index in [1.807, 2.05) is 92.0 Å². The average molecular weight is 536 g/mol. The summed E-state index contributed by atoms with van der Waals surface area (Å²) in [5, 5.41) is 5.48. The van der Waals surface area contributed by atoms with E-state index in [1.54, 1.807) is 26.6 Å². The summed E-state index contributed by atoms with van der Waals surface area (Å²) < 4.78 is 10.3. The molecule has 0 spiro atoms. The van der Waals surface area contributed by atoms with Crippen LogP contribution in [0.25, 0.3) is 44.3 Å². The van der Waals surface area contributed by atoms with Gasteiger partial charge in [-0.25, -0.2) is 9.97 Å². The number of anilines is 1. The average Bonchev–Trinajstić information content (AvgIpc) is 3.01. The minimum Gasteiger partial charge on any atom is -0.497 e. The van der Waals surface area contributed by atoms with Crippen LogP contribution < -0.4 is 14.8 Å². The maximum Gasteiger partial charge on any atom is 0.139 e. The van der Waals surface area contributed by atoms with Gasteiger partial charge < -0.3 is 14.8 Å². The summed E-state index contributed by atoms with van der Waals surface area (Å²) in [7, 11) is 5.17. The fourth-order valence-corrected chi connectivity index (χ4v) is 4.37. The predicted octanol–water partition coefficient (Wildman–Crippen LogP) is 7.31. The van der Waals surface area contributed by atoms with Crippen molar-refractivity contribution in [3.05, 3.63) is 102 Å². The van der Waals surface area contributed by atoms with Crippen molar-refractivity contribution in [2.45, 2.75) is 0 Å². The number of nitrogens with one attached hydrogen (secondary N) is 1. The van der Waals surface area contributed by atoms with Gasteiger partial charge >= 0.3 is 0 Å². The van der Waals surface area contributed by atoms with Crippen molar-refractivity contribution in [2.24, 2.45) is 0 Å². The van der Waals surface area contributed by atoms with Crippen LogP contribution in [0.3, 0.4) is 0 Å². The van der Waals surface area contributed by atoms with Crippen molar-refractivity contribution >= 4 is 39.2 Å². The number of rotatable bonds is 5. The number of methoxy groups -OCH3 is 2. The molecule has 1 N–H and O–H groups in total. The fourth-order valence-electron chi connectivity index (χ4n) is 4.12. The van der Waals surface area contributed by atoms with Gasteiger partial charge in [-0.05, 0) is 84.9 Å². The highest BCUT2D eigenvalue weighted by molar-refractivity contribution is 6.34. The molecule has 0 saturated carbocycles. The molecule has 8 heteroatoms. The van der Waals surface area contributed by atoms with Gasteiger partial charge in [-0.2, -0.15) is 0 Å². The van der Waals surface area contributed by atoms with Gasteiger partial charge in [0.2, 0.25) is 0 Å². The van der Waals surface area contributed by atoms with Crippen LogP contribution >= 0.6 is 11.6 Å². The summed E-state index contributed by atoms with van der Waals surface area (Å²) >= 11 is 6.19. The van der Waals surface area contributed by atoms with E-state index in [-0.39, 0.29) is 0 Å². The van der Waals surface area contributed by atoms with E-state index < -0.39 is 0 Å². The van der Waals surface area contributed by atoms with Crippen molar-refractivity contribution in [3.63, 3.8) is 0 Å². The van der Waals surface area contributed by atoms with Crippen LogP contribution in [0.15, 0.2) is 97.3 Å². The zero-order valence-corrected chi connectivity index (χ0v) is 22.5. The normalized spacial score (nSPS) is 10.6. The zero-order chi connectivity index (χ0) is 27.2. The molecule has 6 rings (SSSR count). The number of fused-ring (bicyclic) bond motifs is 2. The third-order valence-electron chi connectivity index (χ3n) is 6.16. The lowest BCUT2D eigenvalue weighted by atomic mass is 10.1. The standard InChI is InChI=1S/C16H15N3O.C15H11ClN2O/c1-17-16-13-4-3-9-18-15(13)10-14(19-16)11-5-7-12(20-2)8-6-11;1-19-11-6-4-10(5-7-11)13-9-14-12(15(16)18-13)3-2-8-17-14/h3-10H,1-2H3,(H,17,19);2-9H,1H3. The van der Waals surface area contributed by atoms with E-state index in [1.165, 1.54) is 0 Å². The van der Waals surface area contributed by atoms with Crippen LogP contribution in [0.5, 0.6) is 11.5 Å². The van der Waals surface area contributed by atoms with E-state index in [2.05, 4.69) is 25.3 Å². The number of nitrogens with zero attached hydrogens (tertiary/aromatic N) is 4. The van der Waals surface area contributed by atoms with Gasteiger partial charge in [0.15, 0.2) is 0 Å². The second-order valence-corrected chi connectivity index (χ2v) is 8.86. The SMILES string of the molecule is CNc1nc(-c2ccc(OC)cc2)cc2ncccc12.COc1ccc(-c2cc3ncccc3c(Cl)n2)cc1. The van der Waals surface area contributed by atoms with E-state index in [9.17, 15) is 0 Å². The van der Waals surface area contributed by atoms with Crippen LogP contribution in [-0.4, -0.2) is 41.2 Å². The molecule has 2 aromatic carbocycles. The number of hydrogen-bond donors (Lipinski definition) is 1. The molecular weight excluding hydrogens is 510 g/mol. The molecule has 0 radical (unpaired) electrons. The Morgan fingerprint density at radius 3 is 1.64 bits per heavy atom. The first kappa shape index (κ1) is 25.9. The molecule has 7 nitrogen and oxygen atoms in total. The van der Waals surface area contributed by atoms with Gasteiger partial charge in [0.25, 0.3) is 0 Å². The molecule has 39 heavy (non-hydrogen) atoms. The molecule has 0 atom stereocenters. The Labute approximate surface area is 231 Å². The Morgan fingerprint density at radius 1 is 0.641 bits per heavy atom. The van der Waals surface area contributed by atoms with Crippen LogP contribution in [0, 0.1) is 0 Å². The summed E-state index contributed by atoms with van der Waals surface area (Å²) in [4.78, 5) is 17.8. The molecule has 0 fully saturated rings. The molecule has 0 saturated heterocycles. The summed E-state index contributed by atoms with van der Waals surface area (Å²) in [6.07, 6.45) is 3.54. The van der Waals surface area contributed by atoms with Crippen molar-refractivity contribution in [1.82, 2.24) is 19.9 Å². The maximum absolute atomic E-state index is 6.19. The molecule has 0 unspecified atom stereocenters. The van der Waals surface area contributed by atoms with Crippen molar-refractivity contribution in [3.8, 4) is 34.0 Å². The highest BCUT2D eigenvalue weighted by Gasteiger charge is 2.08. The number of pyridine rings is 4.